The van der Waals surface area contributed by atoms with Crippen molar-refractivity contribution in [3.8, 4) is 23.7 Å². The molecule has 1 aliphatic rings. The van der Waals surface area contributed by atoms with Gasteiger partial charge in [0.15, 0.2) is 11.4 Å². The van der Waals surface area contributed by atoms with Crippen LogP contribution in [0.15, 0.2) is 29.3 Å². The summed E-state index contributed by atoms with van der Waals surface area (Å²) in [6, 6.07) is 5.74. The molecule has 1 aromatic heterocycles. The lowest BCUT2D eigenvalue weighted by Crippen LogP contribution is -2.45. The highest BCUT2D eigenvalue weighted by Crippen LogP contribution is 2.33. The standard InChI is InChI=1S/C22H24N4O6S/c1-13-5-6-15(9-14(13)10-23)24-21(28)19-20-18(11-26(19)4)33(30,31)25-16(12-32-20)17(27)7-8-22(2,3)29/h5-6,9,11,16-17,25,27,29H,12H2,1-4H3,(H,24,28)/t16-,17+/m0/s1. The number of carbonyl (C=O) groups is 1. The smallest absolute Gasteiger partial charge is 0.276 e. The number of fused-ring (bicyclic) bond motifs is 1. The molecule has 0 fully saturated rings. The van der Waals surface area contributed by atoms with E-state index in [4.69, 9.17) is 4.74 Å². The minimum absolute atomic E-state index is 0.0489. The van der Waals surface area contributed by atoms with Gasteiger partial charge in [-0.1, -0.05) is 17.9 Å². The molecule has 2 aromatic rings. The van der Waals surface area contributed by atoms with Crippen molar-refractivity contribution in [3.63, 3.8) is 0 Å². The van der Waals surface area contributed by atoms with Gasteiger partial charge < -0.3 is 24.8 Å². The number of amides is 1. The van der Waals surface area contributed by atoms with Crippen molar-refractivity contribution in [2.75, 3.05) is 11.9 Å². The fourth-order valence-electron chi connectivity index (χ4n) is 3.16. The molecule has 4 N–H and O–H groups in total. The highest BCUT2D eigenvalue weighted by atomic mass is 32.2. The van der Waals surface area contributed by atoms with Gasteiger partial charge in [0.25, 0.3) is 5.91 Å². The Morgan fingerprint density at radius 3 is 2.76 bits per heavy atom. The predicted molar refractivity (Wildman–Crippen MR) is 119 cm³/mol. The van der Waals surface area contributed by atoms with Crippen molar-refractivity contribution in [1.29, 1.82) is 5.26 Å². The number of carbonyl (C=O) groups excluding carboxylic acids is 1. The van der Waals surface area contributed by atoms with Crippen LogP contribution in [0.25, 0.3) is 0 Å². The minimum Gasteiger partial charge on any atom is -0.488 e. The van der Waals surface area contributed by atoms with Crippen LogP contribution in [-0.4, -0.2) is 53.5 Å². The van der Waals surface area contributed by atoms with Crippen LogP contribution in [0.3, 0.4) is 0 Å². The first-order valence-electron chi connectivity index (χ1n) is 9.92. The van der Waals surface area contributed by atoms with E-state index in [9.17, 15) is 28.7 Å². The number of aromatic nitrogens is 1. The van der Waals surface area contributed by atoms with E-state index >= 15 is 0 Å². The summed E-state index contributed by atoms with van der Waals surface area (Å²) in [7, 11) is -2.66. The number of aryl methyl sites for hydroxylation is 2. The number of nitriles is 1. The Morgan fingerprint density at radius 1 is 1.42 bits per heavy atom. The van der Waals surface area contributed by atoms with Gasteiger partial charge in [0.1, 0.15) is 23.2 Å². The van der Waals surface area contributed by atoms with Gasteiger partial charge in [-0.3, -0.25) is 4.79 Å². The number of aliphatic hydroxyl groups is 2. The molecule has 1 aliphatic heterocycles. The summed E-state index contributed by atoms with van der Waals surface area (Å²) in [6.07, 6.45) is -0.224. The van der Waals surface area contributed by atoms with E-state index in [2.05, 4.69) is 21.9 Å². The van der Waals surface area contributed by atoms with Crippen LogP contribution in [0, 0.1) is 30.1 Å². The molecular weight excluding hydrogens is 448 g/mol. The molecule has 0 saturated heterocycles. The molecule has 0 radical (unpaired) electrons. The van der Waals surface area contributed by atoms with Gasteiger partial charge in [-0.2, -0.15) is 5.26 Å². The number of nitrogens with zero attached hydrogens (tertiary/aromatic N) is 2. The van der Waals surface area contributed by atoms with Gasteiger partial charge in [-0.15, -0.1) is 0 Å². The van der Waals surface area contributed by atoms with E-state index in [1.54, 1.807) is 19.1 Å². The first-order valence-corrected chi connectivity index (χ1v) is 11.4. The summed E-state index contributed by atoms with van der Waals surface area (Å²) >= 11 is 0. The van der Waals surface area contributed by atoms with Crippen molar-refractivity contribution in [2.45, 2.75) is 43.4 Å². The number of nitrogens with one attached hydrogen (secondary N) is 2. The second kappa shape index (κ2) is 8.89. The molecule has 33 heavy (non-hydrogen) atoms. The number of hydrogen-bond donors (Lipinski definition) is 4. The summed E-state index contributed by atoms with van der Waals surface area (Å²) in [5.74, 6) is 4.04. The SMILES string of the molecule is Cc1ccc(NC(=O)c2c3c(cn2C)S(=O)(=O)N[C@H]([C@H](O)C#CC(C)(C)O)CO3)cc1C#N. The maximum atomic E-state index is 13.0. The number of hydrogen-bond acceptors (Lipinski definition) is 7. The quantitative estimate of drug-likeness (QED) is 0.478. The summed E-state index contributed by atoms with van der Waals surface area (Å²) in [5, 5.41) is 31.9. The maximum Gasteiger partial charge on any atom is 0.276 e. The topological polar surface area (TPSA) is 154 Å². The fourth-order valence-corrected chi connectivity index (χ4v) is 4.58. The van der Waals surface area contributed by atoms with Gasteiger partial charge in [-0.05, 0) is 38.5 Å². The summed E-state index contributed by atoms with van der Waals surface area (Å²) in [4.78, 5) is 12.7. The van der Waals surface area contributed by atoms with Crippen molar-refractivity contribution >= 4 is 21.6 Å². The third kappa shape index (κ3) is 5.35. The second-order valence-corrected chi connectivity index (χ2v) is 9.87. The van der Waals surface area contributed by atoms with Gasteiger partial charge >= 0.3 is 0 Å². The van der Waals surface area contributed by atoms with Crippen LogP contribution in [0.2, 0.25) is 0 Å². The molecule has 0 bridgehead atoms. The largest absolute Gasteiger partial charge is 0.488 e. The molecule has 2 heterocycles. The molecule has 1 amide bonds. The van der Waals surface area contributed by atoms with Gasteiger partial charge in [0.05, 0.1) is 17.7 Å². The molecule has 11 heteroatoms. The van der Waals surface area contributed by atoms with Crippen molar-refractivity contribution < 1.29 is 28.2 Å². The molecule has 174 valence electrons. The molecule has 0 saturated carbocycles. The normalized spacial score (nSPS) is 17.9. The molecule has 1 aromatic carbocycles. The zero-order valence-corrected chi connectivity index (χ0v) is 19.3. The summed E-state index contributed by atoms with van der Waals surface area (Å²) in [6.45, 7) is 4.31. The van der Waals surface area contributed by atoms with Gasteiger partial charge in [0, 0.05) is 18.9 Å². The monoisotopic (exact) mass is 472 g/mol. The molecular formula is C22H24N4O6S. The first-order chi connectivity index (χ1) is 15.3. The maximum absolute atomic E-state index is 13.0. The van der Waals surface area contributed by atoms with E-state index in [1.807, 2.05) is 6.07 Å². The lowest BCUT2D eigenvalue weighted by molar-refractivity contribution is 0.101. The van der Waals surface area contributed by atoms with E-state index in [0.29, 0.717) is 11.3 Å². The molecule has 0 aliphatic carbocycles. The fraction of sp³-hybridized carbons (Fsp3) is 0.364. The minimum atomic E-state index is -4.16. The number of benzene rings is 1. The third-order valence-corrected chi connectivity index (χ3v) is 6.33. The van der Waals surface area contributed by atoms with E-state index in [0.717, 1.165) is 5.56 Å². The summed E-state index contributed by atoms with van der Waals surface area (Å²) < 4.78 is 35.1. The zero-order valence-electron chi connectivity index (χ0n) is 18.5. The van der Waals surface area contributed by atoms with Crippen molar-refractivity contribution in [3.05, 3.63) is 41.2 Å². The first kappa shape index (κ1) is 24.3. The highest BCUT2D eigenvalue weighted by molar-refractivity contribution is 7.89. The Labute approximate surface area is 191 Å². The Morgan fingerprint density at radius 2 is 2.12 bits per heavy atom. The average molecular weight is 473 g/mol. The van der Waals surface area contributed by atoms with E-state index in [1.165, 1.54) is 37.7 Å². The van der Waals surface area contributed by atoms with E-state index < -0.39 is 33.7 Å². The molecule has 2 atom stereocenters. The highest BCUT2D eigenvalue weighted by Gasteiger charge is 2.36. The second-order valence-electron chi connectivity index (χ2n) is 8.19. The lowest BCUT2D eigenvalue weighted by atomic mass is 10.1. The van der Waals surface area contributed by atoms with E-state index in [-0.39, 0.29) is 22.9 Å². The summed E-state index contributed by atoms with van der Waals surface area (Å²) in [5.41, 5.74) is 0.0863. The number of anilines is 1. The Hall–Kier alpha value is -3.35. The average Bonchev–Trinajstić information content (AvgIpc) is 3.00. The molecule has 3 rings (SSSR count). The van der Waals surface area contributed by atoms with Crippen LogP contribution in [0.5, 0.6) is 5.75 Å². The number of ether oxygens (including phenoxy) is 1. The molecule has 0 spiro atoms. The number of aliphatic hydroxyl groups excluding tert-OH is 1. The van der Waals surface area contributed by atoms with Crippen LogP contribution in [0.1, 0.15) is 35.5 Å². The Balaban J connectivity index is 1.92. The Bertz CT molecular complexity index is 1310. The third-order valence-electron chi connectivity index (χ3n) is 4.84. The van der Waals surface area contributed by atoms with Crippen molar-refractivity contribution in [2.24, 2.45) is 7.05 Å². The van der Waals surface area contributed by atoms with Crippen LogP contribution in [-0.2, 0) is 17.1 Å². The van der Waals surface area contributed by atoms with Crippen LogP contribution >= 0.6 is 0 Å². The zero-order chi connectivity index (χ0) is 24.6. The lowest BCUT2D eigenvalue weighted by Gasteiger charge is -2.18. The van der Waals surface area contributed by atoms with Gasteiger partial charge in [-0.25, -0.2) is 13.1 Å². The van der Waals surface area contributed by atoms with Gasteiger partial charge in [0.2, 0.25) is 10.0 Å². The molecule has 10 nitrogen and oxygen atoms in total. The number of rotatable bonds is 3. The predicted octanol–water partition coefficient (Wildman–Crippen LogP) is 0.632. The number of sulfonamides is 1. The van der Waals surface area contributed by atoms with Crippen molar-refractivity contribution in [1.82, 2.24) is 9.29 Å². The van der Waals surface area contributed by atoms with Crippen LogP contribution in [0.4, 0.5) is 5.69 Å². The van der Waals surface area contributed by atoms with Crippen LogP contribution < -0.4 is 14.8 Å². The Kier molecular flexibility index (Phi) is 6.54. The molecule has 0 unspecified atom stereocenters.